The Morgan fingerprint density at radius 2 is 2.06 bits per heavy atom. The molecule has 0 spiro atoms. The fourth-order valence-corrected chi connectivity index (χ4v) is 2.15. The third kappa shape index (κ3) is 3.20. The summed E-state index contributed by atoms with van der Waals surface area (Å²) in [6, 6.07) is 0. The van der Waals surface area contributed by atoms with E-state index in [4.69, 9.17) is 4.74 Å². The molecule has 1 atom stereocenters. The predicted molar refractivity (Wildman–Crippen MR) is 64.3 cm³/mol. The van der Waals surface area contributed by atoms with Crippen LogP contribution in [0.1, 0.15) is 26.7 Å². The summed E-state index contributed by atoms with van der Waals surface area (Å²) in [5, 5.41) is 0. The van der Waals surface area contributed by atoms with Gasteiger partial charge in [0.05, 0.1) is 17.4 Å². The van der Waals surface area contributed by atoms with Gasteiger partial charge in [-0.3, -0.25) is 9.59 Å². The van der Waals surface area contributed by atoms with Gasteiger partial charge in [-0.1, -0.05) is 15.9 Å². The number of hydrogen-bond donors (Lipinski definition) is 0. The van der Waals surface area contributed by atoms with Gasteiger partial charge in [-0.2, -0.15) is 0 Å². The van der Waals surface area contributed by atoms with Gasteiger partial charge in [0.15, 0.2) is 0 Å². The number of esters is 1. The molecule has 1 amide bonds. The van der Waals surface area contributed by atoms with Gasteiger partial charge in [0, 0.05) is 13.1 Å². The Balaban J connectivity index is 2.64. The van der Waals surface area contributed by atoms with E-state index in [9.17, 15) is 9.59 Å². The largest absolute Gasteiger partial charge is 0.469 e. The monoisotopic (exact) mass is 291 g/mol. The van der Waals surface area contributed by atoms with Crippen LogP contribution < -0.4 is 0 Å². The van der Waals surface area contributed by atoms with Crippen molar-refractivity contribution in [3.63, 3.8) is 0 Å². The van der Waals surface area contributed by atoms with Gasteiger partial charge in [-0.15, -0.1) is 0 Å². The molecule has 1 aliphatic heterocycles. The van der Waals surface area contributed by atoms with Crippen molar-refractivity contribution < 1.29 is 14.3 Å². The molecule has 1 fully saturated rings. The number of carbonyl (C=O) groups is 2. The molecule has 0 bridgehead atoms. The van der Waals surface area contributed by atoms with Crippen LogP contribution in [0.4, 0.5) is 0 Å². The van der Waals surface area contributed by atoms with E-state index in [-0.39, 0.29) is 17.8 Å². The molecule has 1 heterocycles. The van der Waals surface area contributed by atoms with E-state index in [2.05, 4.69) is 15.9 Å². The Morgan fingerprint density at radius 1 is 1.44 bits per heavy atom. The molecule has 1 unspecified atom stereocenters. The number of hydrogen-bond acceptors (Lipinski definition) is 3. The lowest BCUT2D eigenvalue weighted by Gasteiger charge is -2.34. The minimum Gasteiger partial charge on any atom is -0.469 e. The Labute approximate surface area is 104 Å². The maximum absolute atomic E-state index is 12.0. The Hall–Kier alpha value is -0.580. The second-order valence-corrected chi connectivity index (χ2v) is 6.57. The van der Waals surface area contributed by atoms with Crippen LogP contribution >= 0.6 is 15.9 Å². The van der Waals surface area contributed by atoms with Gasteiger partial charge < -0.3 is 9.64 Å². The van der Waals surface area contributed by atoms with Crippen LogP contribution in [0.3, 0.4) is 0 Å². The number of nitrogens with zero attached hydrogens (tertiary/aromatic N) is 1. The van der Waals surface area contributed by atoms with Crippen LogP contribution in [-0.4, -0.2) is 41.3 Å². The standard InChI is InChI=1S/C11H18BrNO3/c1-11(2,12)10(15)13-6-4-5-8(7-13)9(14)16-3/h8H,4-7H2,1-3H3. The number of alkyl halides is 1. The molecule has 4 nitrogen and oxygen atoms in total. The zero-order valence-electron chi connectivity index (χ0n) is 9.96. The number of methoxy groups -OCH3 is 1. The number of ether oxygens (including phenoxy) is 1. The van der Waals surface area contributed by atoms with Crippen molar-refractivity contribution in [2.45, 2.75) is 31.0 Å². The first-order valence-corrected chi connectivity index (χ1v) is 6.21. The molecule has 1 aliphatic rings. The lowest BCUT2D eigenvalue weighted by molar-refractivity contribution is -0.149. The molecule has 92 valence electrons. The molecule has 0 aromatic carbocycles. The summed E-state index contributed by atoms with van der Waals surface area (Å²) in [6.07, 6.45) is 1.66. The summed E-state index contributed by atoms with van der Waals surface area (Å²) in [4.78, 5) is 25.2. The summed E-state index contributed by atoms with van der Waals surface area (Å²) in [6.45, 7) is 4.83. The first kappa shape index (κ1) is 13.5. The Bertz CT molecular complexity index is 285. The molecule has 0 aliphatic carbocycles. The number of halogens is 1. The van der Waals surface area contributed by atoms with Crippen molar-refractivity contribution in [1.29, 1.82) is 0 Å². The predicted octanol–water partition coefficient (Wildman–Crippen LogP) is 1.57. The van der Waals surface area contributed by atoms with E-state index in [1.807, 2.05) is 13.8 Å². The van der Waals surface area contributed by atoms with Gasteiger partial charge in [-0.05, 0) is 26.7 Å². The van der Waals surface area contributed by atoms with Crippen LogP contribution in [0.15, 0.2) is 0 Å². The molecule has 0 radical (unpaired) electrons. The lowest BCUT2D eigenvalue weighted by Crippen LogP contribution is -2.48. The van der Waals surface area contributed by atoms with Crippen LogP contribution in [0, 0.1) is 5.92 Å². The maximum atomic E-state index is 12.0. The van der Waals surface area contributed by atoms with Crippen molar-refractivity contribution >= 4 is 27.8 Å². The zero-order chi connectivity index (χ0) is 12.3. The Morgan fingerprint density at radius 3 is 2.56 bits per heavy atom. The van der Waals surface area contributed by atoms with E-state index in [0.29, 0.717) is 6.54 Å². The summed E-state index contributed by atoms with van der Waals surface area (Å²) in [5.41, 5.74) is 0. The van der Waals surface area contributed by atoms with Crippen LogP contribution in [0.5, 0.6) is 0 Å². The van der Waals surface area contributed by atoms with Gasteiger partial charge in [0.1, 0.15) is 0 Å². The number of piperidine rings is 1. The van der Waals surface area contributed by atoms with Crippen molar-refractivity contribution in [3.8, 4) is 0 Å². The summed E-state index contributed by atoms with van der Waals surface area (Å²) in [5.74, 6) is -0.358. The molecule has 0 saturated carbocycles. The number of likely N-dealkylation sites (tertiary alicyclic amines) is 1. The third-order valence-corrected chi connectivity index (χ3v) is 3.09. The van der Waals surface area contributed by atoms with Crippen LogP contribution in [0.25, 0.3) is 0 Å². The van der Waals surface area contributed by atoms with Crippen molar-refractivity contribution in [2.24, 2.45) is 5.92 Å². The smallest absolute Gasteiger partial charge is 0.310 e. The van der Waals surface area contributed by atoms with Crippen LogP contribution in [-0.2, 0) is 14.3 Å². The van der Waals surface area contributed by atoms with Crippen molar-refractivity contribution in [1.82, 2.24) is 4.90 Å². The number of carbonyl (C=O) groups excluding carboxylic acids is 2. The quantitative estimate of drug-likeness (QED) is 0.573. The second-order valence-electron chi connectivity index (χ2n) is 4.59. The van der Waals surface area contributed by atoms with E-state index in [0.717, 1.165) is 19.4 Å². The van der Waals surface area contributed by atoms with Gasteiger partial charge in [0.2, 0.25) is 5.91 Å². The highest BCUT2D eigenvalue weighted by Crippen LogP contribution is 2.24. The van der Waals surface area contributed by atoms with Gasteiger partial charge in [-0.25, -0.2) is 0 Å². The highest BCUT2D eigenvalue weighted by Gasteiger charge is 2.34. The maximum Gasteiger partial charge on any atom is 0.310 e. The molecule has 16 heavy (non-hydrogen) atoms. The van der Waals surface area contributed by atoms with Gasteiger partial charge in [0.25, 0.3) is 0 Å². The number of amides is 1. The normalized spacial score (nSPS) is 21.8. The topological polar surface area (TPSA) is 46.6 Å². The minimum atomic E-state index is -0.564. The lowest BCUT2D eigenvalue weighted by atomic mass is 9.97. The molecule has 1 saturated heterocycles. The average molecular weight is 292 g/mol. The third-order valence-electron chi connectivity index (χ3n) is 2.75. The SMILES string of the molecule is COC(=O)C1CCCN(C(=O)C(C)(C)Br)C1. The van der Waals surface area contributed by atoms with Crippen LogP contribution in [0.2, 0.25) is 0 Å². The average Bonchev–Trinajstić information content (AvgIpc) is 2.26. The van der Waals surface area contributed by atoms with E-state index in [1.54, 1.807) is 4.90 Å². The minimum absolute atomic E-state index is 0.0288. The van der Waals surface area contributed by atoms with E-state index in [1.165, 1.54) is 7.11 Å². The zero-order valence-corrected chi connectivity index (χ0v) is 11.5. The second kappa shape index (κ2) is 5.17. The summed E-state index contributed by atoms with van der Waals surface area (Å²) < 4.78 is 4.15. The fraction of sp³-hybridized carbons (Fsp3) is 0.818. The molecule has 0 aromatic heterocycles. The fourth-order valence-electron chi connectivity index (χ4n) is 1.90. The van der Waals surface area contributed by atoms with Gasteiger partial charge >= 0.3 is 5.97 Å². The van der Waals surface area contributed by atoms with E-state index >= 15 is 0 Å². The summed E-state index contributed by atoms with van der Waals surface area (Å²) in [7, 11) is 1.39. The Kier molecular flexibility index (Phi) is 4.35. The molecule has 1 rings (SSSR count). The first-order valence-electron chi connectivity index (χ1n) is 5.42. The highest BCUT2D eigenvalue weighted by molar-refractivity contribution is 9.10. The molecule has 5 heteroatoms. The molecule has 0 aromatic rings. The molecule has 0 N–H and O–H groups in total. The van der Waals surface area contributed by atoms with Crippen molar-refractivity contribution in [2.75, 3.05) is 20.2 Å². The summed E-state index contributed by atoms with van der Waals surface area (Å²) >= 11 is 3.35. The van der Waals surface area contributed by atoms with E-state index < -0.39 is 4.32 Å². The number of rotatable bonds is 2. The molecular formula is C11H18BrNO3. The van der Waals surface area contributed by atoms with Crippen molar-refractivity contribution in [3.05, 3.63) is 0 Å². The molecular weight excluding hydrogens is 274 g/mol. The first-order chi connectivity index (χ1) is 7.36. The highest BCUT2D eigenvalue weighted by atomic mass is 79.9.